The molecule has 1 unspecified atom stereocenters. The van der Waals surface area contributed by atoms with E-state index < -0.39 is 6.10 Å². The second-order valence-electron chi connectivity index (χ2n) is 22.4. The maximum Gasteiger partial charge on any atom is 0.306 e. The highest BCUT2D eigenvalue weighted by Gasteiger charge is 2.19. The number of carbonyl (C=O) groups is 3. The molecule has 0 aromatic carbocycles. The molecular weight excluding hydrogens is 985 g/mol. The van der Waals surface area contributed by atoms with Gasteiger partial charge in [-0.1, -0.05) is 323 Å². The first-order valence-electron chi connectivity index (χ1n) is 33.9. The van der Waals surface area contributed by atoms with E-state index in [0.29, 0.717) is 19.3 Å². The van der Waals surface area contributed by atoms with Crippen molar-refractivity contribution in [3.63, 3.8) is 0 Å². The summed E-state index contributed by atoms with van der Waals surface area (Å²) < 4.78 is 16.9. The minimum absolute atomic E-state index is 0.0768. The summed E-state index contributed by atoms with van der Waals surface area (Å²) in [5.41, 5.74) is 0. The third kappa shape index (κ3) is 64.9. The first-order chi connectivity index (χ1) is 39.5. The molecule has 0 aromatic heterocycles. The number of hydrogen-bond acceptors (Lipinski definition) is 6. The van der Waals surface area contributed by atoms with Crippen LogP contribution in [0.5, 0.6) is 0 Å². The van der Waals surface area contributed by atoms with Crippen molar-refractivity contribution in [2.24, 2.45) is 0 Å². The monoisotopic (exact) mass is 1110 g/mol. The normalized spacial score (nSPS) is 12.8. The topological polar surface area (TPSA) is 78.9 Å². The molecule has 458 valence electrons. The highest BCUT2D eigenvalue weighted by Crippen LogP contribution is 2.17. The molecule has 0 N–H and O–H groups in total. The van der Waals surface area contributed by atoms with Crippen molar-refractivity contribution in [3.8, 4) is 0 Å². The smallest absolute Gasteiger partial charge is 0.306 e. The molecular formula is C74H126O6. The summed E-state index contributed by atoms with van der Waals surface area (Å²) in [5, 5.41) is 0. The molecule has 0 radical (unpaired) electrons. The zero-order valence-corrected chi connectivity index (χ0v) is 52.6. The van der Waals surface area contributed by atoms with Crippen molar-refractivity contribution in [1.82, 2.24) is 0 Å². The predicted octanol–water partition coefficient (Wildman–Crippen LogP) is 23.4. The number of esters is 3. The first-order valence-corrected chi connectivity index (χ1v) is 33.9. The molecule has 0 fully saturated rings. The lowest BCUT2D eigenvalue weighted by Crippen LogP contribution is -2.30. The largest absolute Gasteiger partial charge is 0.462 e. The minimum Gasteiger partial charge on any atom is -0.462 e. The van der Waals surface area contributed by atoms with Crippen LogP contribution in [0.1, 0.15) is 323 Å². The van der Waals surface area contributed by atoms with Crippen molar-refractivity contribution in [2.75, 3.05) is 13.2 Å². The molecule has 6 nitrogen and oxygen atoms in total. The van der Waals surface area contributed by atoms with Gasteiger partial charge in [-0.25, -0.2) is 0 Å². The number of allylic oxidation sites excluding steroid dienone is 18. The molecule has 0 heterocycles. The number of rotatable bonds is 61. The van der Waals surface area contributed by atoms with Gasteiger partial charge in [0, 0.05) is 19.3 Å². The molecule has 0 saturated heterocycles. The second-order valence-corrected chi connectivity index (χ2v) is 22.4. The van der Waals surface area contributed by atoms with Gasteiger partial charge in [0.05, 0.1) is 0 Å². The first kappa shape index (κ1) is 76.1. The molecule has 0 spiro atoms. The Bertz CT molecular complexity index is 1610. The Morgan fingerprint density at radius 1 is 0.263 bits per heavy atom. The average Bonchev–Trinajstić information content (AvgIpc) is 3.46. The van der Waals surface area contributed by atoms with Crippen molar-refractivity contribution in [2.45, 2.75) is 329 Å². The molecule has 1 atom stereocenters. The molecule has 0 amide bonds. The Morgan fingerprint density at radius 2 is 0.487 bits per heavy atom. The molecule has 6 heteroatoms. The van der Waals surface area contributed by atoms with E-state index in [1.807, 2.05) is 0 Å². The van der Waals surface area contributed by atoms with Gasteiger partial charge >= 0.3 is 17.9 Å². The summed E-state index contributed by atoms with van der Waals surface area (Å²) in [6, 6.07) is 0. The Hall–Kier alpha value is -3.93. The number of ether oxygens (including phenoxy) is 3. The van der Waals surface area contributed by atoms with Gasteiger partial charge in [0.15, 0.2) is 6.10 Å². The zero-order valence-electron chi connectivity index (χ0n) is 52.6. The Balaban J connectivity index is 4.20. The van der Waals surface area contributed by atoms with Crippen molar-refractivity contribution >= 4 is 17.9 Å². The fourth-order valence-electron chi connectivity index (χ4n) is 9.50. The standard InChI is InChI=1S/C74H126O6/c1-4-7-10-13-16-19-22-24-26-28-29-30-31-32-33-34-35-36-37-38-39-40-41-42-43-44-45-47-48-50-52-55-58-61-64-67-73(76)79-70-71(69-78-72(75)66-63-60-57-54-21-18-15-12-9-6-3)80-74(77)68-65-62-59-56-53-51-49-46-27-25-23-20-17-14-11-8-5-2/h7,10,16,19,24,26,29-30,32-33,35-36,38-39,41-42,44-45,71H,4-6,8-9,11-15,17-18,20-23,25,27-28,31,34,37,40,43,46-70H2,1-3H3/b10-7-,19-16-,26-24-,30-29-,33-32-,36-35-,39-38-,42-41-,45-44-. The Kier molecular flexibility index (Phi) is 64.3. The molecule has 0 aliphatic carbocycles. The Morgan fingerprint density at radius 3 is 0.762 bits per heavy atom. The second kappa shape index (κ2) is 67.6. The lowest BCUT2D eigenvalue weighted by molar-refractivity contribution is -0.167. The average molecular weight is 1110 g/mol. The fourth-order valence-corrected chi connectivity index (χ4v) is 9.50. The van der Waals surface area contributed by atoms with E-state index in [-0.39, 0.29) is 31.1 Å². The SMILES string of the molecule is CC/C=C\C/C=C\C/C=C\C/C=C\C/C=C\C/C=C\C/C=C\C/C=C\C/C=C\CCCCCCCCCC(=O)OCC(COC(=O)CCCCCCCCCCCC)OC(=O)CCCCCCCCCCCCCCCCCCC. The van der Waals surface area contributed by atoms with E-state index in [4.69, 9.17) is 14.2 Å². The van der Waals surface area contributed by atoms with E-state index in [1.54, 1.807) is 0 Å². The van der Waals surface area contributed by atoms with E-state index >= 15 is 0 Å². The van der Waals surface area contributed by atoms with Crippen LogP contribution < -0.4 is 0 Å². The van der Waals surface area contributed by atoms with Crippen LogP contribution in [-0.2, 0) is 28.6 Å². The van der Waals surface area contributed by atoms with Gasteiger partial charge in [0.2, 0.25) is 0 Å². The highest BCUT2D eigenvalue weighted by molar-refractivity contribution is 5.71. The van der Waals surface area contributed by atoms with Gasteiger partial charge in [0.25, 0.3) is 0 Å². The summed E-state index contributed by atoms with van der Waals surface area (Å²) in [4.78, 5) is 38.2. The van der Waals surface area contributed by atoms with Crippen LogP contribution in [0.25, 0.3) is 0 Å². The molecule has 0 aliphatic heterocycles. The van der Waals surface area contributed by atoms with Crippen LogP contribution >= 0.6 is 0 Å². The third-order valence-electron chi connectivity index (χ3n) is 14.5. The van der Waals surface area contributed by atoms with E-state index in [9.17, 15) is 14.4 Å². The summed E-state index contributed by atoms with van der Waals surface area (Å²) >= 11 is 0. The van der Waals surface area contributed by atoms with Crippen molar-refractivity contribution in [3.05, 3.63) is 109 Å². The molecule has 0 aromatic rings. The lowest BCUT2D eigenvalue weighted by atomic mass is 10.0. The van der Waals surface area contributed by atoms with Crippen molar-refractivity contribution in [1.29, 1.82) is 0 Å². The zero-order chi connectivity index (χ0) is 57.8. The molecule has 0 aliphatic rings. The van der Waals surface area contributed by atoms with E-state index in [2.05, 4.69) is 130 Å². The van der Waals surface area contributed by atoms with Crippen LogP contribution in [0.2, 0.25) is 0 Å². The number of hydrogen-bond donors (Lipinski definition) is 0. The fraction of sp³-hybridized carbons (Fsp3) is 0.716. The van der Waals surface area contributed by atoms with Gasteiger partial charge in [-0.3, -0.25) is 14.4 Å². The summed E-state index contributed by atoms with van der Waals surface area (Å²) in [6.45, 7) is 6.54. The summed E-state index contributed by atoms with van der Waals surface area (Å²) in [7, 11) is 0. The van der Waals surface area contributed by atoms with E-state index in [0.717, 1.165) is 122 Å². The summed E-state index contributed by atoms with van der Waals surface area (Å²) in [5.74, 6) is -0.877. The maximum atomic E-state index is 12.9. The number of carbonyl (C=O) groups excluding carboxylic acids is 3. The minimum atomic E-state index is -0.779. The quantitative estimate of drug-likeness (QED) is 0.0261. The summed E-state index contributed by atoms with van der Waals surface area (Å²) in [6.07, 6.45) is 92.5. The van der Waals surface area contributed by atoms with Gasteiger partial charge in [-0.15, -0.1) is 0 Å². The highest BCUT2D eigenvalue weighted by atomic mass is 16.6. The van der Waals surface area contributed by atoms with E-state index in [1.165, 1.54) is 161 Å². The van der Waals surface area contributed by atoms with Crippen LogP contribution in [0.4, 0.5) is 0 Å². The van der Waals surface area contributed by atoms with Gasteiger partial charge in [-0.2, -0.15) is 0 Å². The maximum absolute atomic E-state index is 12.9. The molecule has 0 bridgehead atoms. The van der Waals surface area contributed by atoms with Crippen molar-refractivity contribution < 1.29 is 28.6 Å². The number of unbranched alkanes of at least 4 members (excludes halogenated alkanes) is 32. The van der Waals surface area contributed by atoms with Gasteiger partial charge in [0.1, 0.15) is 13.2 Å². The molecule has 80 heavy (non-hydrogen) atoms. The van der Waals surface area contributed by atoms with Gasteiger partial charge < -0.3 is 14.2 Å². The predicted molar refractivity (Wildman–Crippen MR) is 348 cm³/mol. The van der Waals surface area contributed by atoms with Gasteiger partial charge in [-0.05, 0) is 89.9 Å². The Labute approximate surface area is 495 Å². The lowest BCUT2D eigenvalue weighted by Gasteiger charge is -2.18. The third-order valence-corrected chi connectivity index (χ3v) is 14.5. The van der Waals surface area contributed by atoms with Crippen LogP contribution in [0.3, 0.4) is 0 Å². The van der Waals surface area contributed by atoms with Crippen LogP contribution in [-0.4, -0.2) is 37.2 Å². The molecule has 0 saturated carbocycles. The van der Waals surface area contributed by atoms with Crippen LogP contribution in [0, 0.1) is 0 Å². The molecule has 0 rings (SSSR count). The van der Waals surface area contributed by atoms with Crippen LogP contribution in [0.15, 0.2) is 109 Å².